The molecule has 0 saturated heterocycles. The molecule has 0 aliphatic heterocycles. The molecule has 0 aliphatic rings. The van der Waals surface area contributed by atoms with E-state index in [1.54, 1.807) is 27.2 Å². The molecule has 1 N–H and O–H groups in total. The van der Waals surface area contributed by atoms with Crippen LogP contribution in [-0.2, 0) is 0 Å². The fourth-order valence-corrected chi connectivity index (χ4v) is 4.85. The second-order valence-electron chi connectivity index (χ2n) is 7.04. The Hall–Kier alpha value is -3.76. The Morgan fingerprint density at radius 2 is 1.94 bits per heavy atom. The van der Waals surface area contributed by atoms with Crippen LogP contribution in [0.4, 0.5) is 5.13 Å². The molecule has 10 heteroatoms. The highest BCUT2D eigenvalue weighted by atomic mass is 32.1. The molecule has 0 aliphatic carbocycles. The molecule has 5 aromatic rings. The van der Waals surface area contributed by atoms with Gasteiger partial charge in [-0.1, -0.05) is 11.2 Å². The quantitative estimate of drug-likeness (QED) is 0.336. The number of thiazole rings is 1. The maximum atomic E-state index is 13.3. The number of methoxy groups -OCH3 is 2. The largest absolute Gasteiger partial charge is 0.497 e. The summed E-state index contributed by atoms with van der Waals surface area (Å²) in [6.45, 7) is 1.78. The number of nitrogens with one attached hydrogen (secondary N) is 1. The Balaban J connectivity index is 1.49. The molecule has 0 bridgehead atoms. The highest BCUT2D eigenvalue weighted by Crippen LogP contribution is 2.35. The van der Waals surface area contributed by atoms with Gasteiger partial charge in [-0.25, -0.2) is 9.97 Å². The van der Waals surface area contributed by atoms with Gasteiger partial charge in [0.2, 0.25) is 0 Å². The van der Waals surface area contributed by atoms with Gasteiger partial charge in [0.05, 0.1) is 47.1 Å². The predicted molar refractivity (Wildman–Crippen MR) is 128 cm³/mol. The summed E-state index contributed by atoms with van der Waals surface area (Å²) in [5, 5.41) is 11.7. The highest BCUT2D eigenvalue weighted by Gasteiger charge is 2.21. The van der Waals surface area contributed by atoms with E-state index in [1.807, 2.05) is 41.1 Å². The van der Waals surface area contributed by atoms with Crippen molar-refractivity contribution >= 4 is 44.8 Å². The van der Waals surface area contributed by atoms with Gasteiger partial charge in [0.25, 0.3) is 11.6 Å². The van der Waals surface area contributed by atoms with Crippen LogP contribution in [0.15, 0.2) is 51.7 Å². The van der Waals surface area contributed by atoms with Crippen molar-refractivity contribution < 1.29 is 18.8 Å². The molecular formula is C23H18N4O4S2. The molecule has 33 heavy (non-hydrogen) atoms. The van der Waals surface area contributed by atoms with Gasteiger partial charge in [-0.3, -0.25) is 10.1 Å². The maximum absolute atomic E-state index is 13.3. The van der Waals surface area contributed by atoms with Crippen molar-refractivity contribution in [2.24, 2.45) is 0 Å². The van der Waals surface area contributed by atoms with E-state index in [0.717, 1.165) is 10.4 Å². The number of ether oxygens (including phenoxy) is 2. The van der Waals surface area contributed by atoms with E-state index in [4.69, 9.17) is 14.0 Å². The van der Waals surface area contributed by atoms with Crippen LogP contribution in [0.3, 0.4) is 0 Å². The number of pyridine rings is 1. The fraction of sp³-hybridized carbons (Fsp3) is 0.130. The van der Waals surface area contributed by atoms with E-state index in [9.17, 15) is 4.79 Å². The third-order valence-electron chi connectivity index (χ3n) is 5.04. The summed E-state index contributed by atoms with van der Waals surface area (Å²) in [7, 11) is 3.20. The standard InChI is InChI=1S/C23H18N4O4S2/c1-12-20-15(10-16(19-5-4-8-32-19)24-22(20)31-27-12)21(28)26-23-25-17(11-33-23)14-9-13(29-2)6-7-18(14)30-3/h4-11H,1-3H3,(H,25,26,28). The summed E-state index contributed by atoms with van der Waals surface area (Å²) in [5.74, 6) is 1.04. The van der Waals surface area contributed by atoms with Gasteiger partial charge in [-0.15, -0.1) is 22.7 Å². The molecule has 4 aromatic heterocycles. The Labute approximate surface area is 196 Å². The smallest absolute Gasteiger partial charge is 0.259 e. The third-order valence-corrected chi connectivity index (χ3v) is 6.69. The topological polar surface area (TPSA) is 99.4 Å². The van der Waals surface area contributed by atoms with Crippen molar-refractivity contribution in [2.45, 2.75) is 6.92 Å². The minimum Gasteiger partial charge on any atom is -0.497 e. The second kappa shape index (κ2) is 8.64. The van der Waals surface area contributed by atoms with Gasteiger partial charge >= 0.3 is 0 Å². The number of thiophene rings is 1. The summed E-state index contributed by atoms with van der Waals surface area (Å²) in [6, 6.07) is 11.1. The second-order valence-corrected chi connectivity index (χ2v) is 8.84. The first kappa shape index (κ1) is 21.1. The predicted octanol–water partition coefficient (Wildman–Crippen LogP) is 5.65. The van der Waals surface area contributed by atoms with E-state index in [-0.39, 0.29) is 5.91 Å². The number of fused-ring (bicyclic) bond motifs is 1. The minimum absolute atomic E-state index is 0.315. The van der Waals surface area contributed by atoms with Crippen molar-refractivity contribution in [3.05, 3.63) is 58.4 Å². The lowest BCUT2D eigenvalue weighted by atomic mass is 10.1. The number of nitrogens with zero attached hydrogens (tertiary/aromatic N) is 3. The van der Waals surface area contributed by atoms with Gasteiger partial charge in [0.15, 0.2) is 5.13 Å². The summed E-state index contributed by atoms with van der Waals surface area (Å²) in [4.78, 5) is 23.3. The van der Waals surface area contributed by atoms with Gasteiger partial charge < -0.3 is 14.0 Å². The maximum Gasteiger partial charge on any atom is 0.259 e. The van der Waals surface area contributed by atoms with Crippen molar-refractivity contribution in [3.8, 4) is 33.3 Å². The van der Waals surface area contributed by atoms with Gasteiger partial charge in [-0.05, 0) is 42.6 Å². The first-order valence-electron chi connectivity index (χ1n) is 9.87. The summed E-state index contributed by atoms with van der Waals surface area (Å²) < 4.78 is 16.1. The number of hydrogen-bond donors (Lipinski definition) is 1. The molecule has 0 spiro atoms. The molecule has 0 fully saturated rings. The average molecular weight is 479 g/mol. The number of hydrogen-bond acceptors (Lipinski definition) is 9. The van der Waals surface area contributed by atoms with Crippen molar-refractivity contribution in [1.82, 2.24) is 15.1 Å². The number of benzene rings is 1. The monoisotopic (exact) mass is 478 g/mol. The lowest BCUT2D eigenvalue weighted by Gasteiger charge is -2.08. The van der Waals surface area contributed by atoms with Crippen LogP contribution in [0.25, 0.3) is 32.9 Å². The van der Waals surface area contributed by atoms with Gasteiger partial charge in [0, 0.05) is 10.9 Å². The number of amides is 1. The third kappa shape index (κ3) is 3.94. The molecule has 4 heterocycles. The fourth-order valence-electron chi connectivity index (χ4n) is 3.46. The first-order chi connectivity index (χ1) is 16.1. The Morgan fingerprint density at radius 3 is 2.70 bits per heavy atom. The summed E-state index contributed by atoms with van der Waals surface area (Å²) in [6.07, 6.45) is 0. The van der Waals surface area contributed by atoms with Gasteiger partial charge in [0.1, 0.15) is 11.5 Å². The molecule has 166 valence electrons. The van der Waals surface area contributed by atoms with E-state index in [1.165, 1.54) is 22.7 Å². The van der Waals surface area contributed by atoms with Gasteiger partial charge in [-0.2, -0.15) is 0 Å². The van der Waals surface area contributed by atoms with Crippen LogP contribution in [0.2, 0.25) is 0 Å². The van der Waals surface area contributed by atoms with E-state index >= 15 is 0 Å². The average Bonchev–Trinajstić information content (AvgIpc) is 3.60. The van der Waals surface area contributed by atoms with Crippen LogP contribution in [0.5, 0.6) is 11.5 Å². The molecule has 1 aromatic carbocycles. The molecule has 5 rings (SSSR count). The van der Waals surface area contributed by atoms with Crippen molar-refractivity contribution in [1.29, 1.82) is 0 Å². The van der Waals surface area contributed by atoms with E-state index in [2.05, 4.69) is 20.4 Å². The van der Waals surface area contributed by atoms with Crippen LogP contribution < -0.4 is 14.8 Å². The number of anilines is 1. The zero-order valence-corrected chi connectivity index (χ0v) is 19.5. The molecule has 0 radical (unpaired) electrons. The van der Waals surface area contributed by atoms with E-state index in [0.29, 0.717) is 50.4 Å². The van der Waals surface area contributed by atoms with Crippen LogP contribution in [0.1, 0.15) is 16.1 Å². The van der Waals surface area contributed by atoms with Crippen LogP contribution in [0, 0.1) is 6.92 Å². The number of aromatic nitrogens is 3. The Kier molecular flexibility index (Phi) is 5.53. The first-order valence-corrected chi connectivity index (χ1v) is 11.6. The molecular weight excluding hydrogens is 460 g/mol. The molecule has 0 saturated carbocycles. The number of carbonyl (C=O) groups excluding carboxylic acids is 1. The minimum atomic E-state index is -0.315. The normalized spacial score (nSPS) is 11.0. The lowest BCUT2D eigenvalue weighted by molar-refractivity contribution is 0.102. The molecule has 0 atom stereocenters. The SMILES string of the molecule is COc1ccc(OC)c(-c2csc(NC(=O)c3cc(-c4cccs4)nc4onc(C)c34)n2)c1. The zero-order valence-electron chi connectivity index (χ0n) is 17.9. The van der Waals surface area contributed by atoms with Crippen molar-refractivity contribution in [2.75, 3.05) is 19.5 Å². The van der Waals surface area contributed by atoms with Crippen molar-refractivity contribution in [3.63, 3.8) is 0 Å². The Bertz CT molecular complexity index is 1460. The molecule has 0 unspecified atom stereocenters. The molecule has 1 amide bonds. The van der Waals surface area contributed by atoms with Crippen LogP contribution in [-0.4, -0.2) is 35.3 Å². The van der Waals surface area contributed by atoms with Crippen LogP contribution >= 0.6 is 22.7 Å². The Morgan fingerprint density at radius 1 is 1.06 bits per heavy atom. The lowest BCUT2D eigenvalue weighted by Crippen LogP contribution is -2.13. The number of aryl methyl sites for hydroxylation is 1. The van der Waals surface area contributed by atoms with E-state index < -0.39 is 0 Å². The highest BCUT2D eigenvalue weighted by molar-refractivity contribution is 7.14. The number of rotatable bonds is 6. The molecule has 8 nitrogen and oxygen atoms in total. The number of carbonyl (C=O) groups is 1. The summed E-state index contributed by atoms with van der Waals surface area (Å²) >= 11 is 2.86. The summed E-state index contributed by atoms with van der Waals surface area (Å²) in [5.41, 5.74) is 3.45. The zero-order chi connectivity index (χ0) is 22.9.